The third kappa shape index (κ3) is 3.85. The van der Waals surface area contributed by atoms with Crippen LogP contribution in [0.4, 0.5) is 0 Å². The molecule has 0 saturated carbocycles. The number of nitrogens with zero attached hydrogens (tertiary/aromatic N) is 3. The molecule has 1 aromatic heterocycles. The normalized spacial score (nSPS) is 21.3. The lowest BCUT2D eigenvalue weighted by molar-refractivity contribution is -0.132. The van der Waals surface area contributed by atoms with Gasteiger partial charge in [0.25, 0.3) is 0 Å². The van der Waals surface area contributed by atoms with Crippen LogP contribution in [-0.2, 0) is 17.9 Å². The number of hydrogen-bond donors (Lipinski definition) is 1. The summed E-state index contributed by atoms with van der Waals surface area (Å²) in [6.07, 6.45) is 3.44. The Hall–Kier alpha value is -2.86. The van der Waals surface area contributed by atoms with Crippen LogP contribution in [0.2, 0.25) is 0 Å². The number of para-hydroxylation sites is 3. The summed E-state index contributed by atoms with van der Waals surface area (Å²) < 4.78 is 7.94. The molecule has 3 aromatic rings. The van der Waals surface area contributed by atoms with Crippen molar-refractivity contribution < 1.29 is 9.53 Å². The summed E-state index contributed by atoms with van der Waals surface area (Å²) in [6, 6.07) is 18.7. The number of imidazole rings is 1. The fraction of sp³-hybridized carbons (Fsp3) is 0.391. The van der Waals surface area contributed by atoms with Gasteiger partial charge in [-0.2, -0.15) is 0 Å². The summed E-state index contributed by atoms with van der Waals surface area (Å²) in [5.41, 5.74) is 1.87. The van der Waals surface area contributed by atoms with Crippen molar-refractivity contribution in [3.05, 3.63) is 60.4 Å². The summed E-state index contributed by atoms with van der Waals surface area (Å²) in [6.45, 7) is 2.26. The largest absolute Gasteiger partial charge is 0.486 e. The van der Waals surface area contributed by atoms with Crippen LogP contribution in [0.15, 0.2) is 54.6 Å². The number of rotatable bonds is 5. The molecule has 2 saturated heterocycles. The summed E-state index contributed by atoms with van der Waals surface area (Å²) >= 11 is 0. The highest BCUT2D eigenvalue weighted by Crippen LogP contribution is 2.22. The van der Waals surface area contributed by atoms with Crippen molar-refractivity contribution in [3.8, 4) is 5.75 Å². The van der Waals surface area contributed by atoms with Crippen LogP contribution >= 0.6 is 0 Å². The molecular formula is C23H26N4O2. The summed E-state index contributed by atoms with van der Waals surface area (Å²) in [4.78, 5) is 19.9. The Morgan fingerprint density at radius 1 is 1.03 bits per heavy atom. The van der Waals surface area contributed by atoms with E-state index in [2.05, 4.69) is 5.32 Å². The van der Waals surface area contributed by atoms with E-state index in [0.29, 0.717) is 25.2 Å². The number of carbonyl (C=O) groups is 1. The minimum absolute atomic E-state index is 0.156. The Kier molecular flexibility index (Phi) is 4.94. The molecule has 3 heterocycles. The maximum atomic E-state index is 13.2. The quantitative estimate of drug-likeness (QED) is 0.728. The first-order valence-electron chi connectivity index (χ1n) is 10.4. The van der Waals surface area contributed by atoms with Gasteiger partial charge in [-0.25, -0.2) is 4.98 Å². The Morgan fingerprint density at radius 2 is 1.83 bits per heavy atom. The molecule has 150 valence electrons. The average Bonchev–Trinajstić information content (AvgIpc) is 3.26. The smallest absolute Gasteiger partial charge is 0.242 e. The van der Waals surface area contributed by atoms with E-state index in [1.54, 1.807) is 0 Å². The Balaban J connectivity index is 1.37. The number of hydrogen-bond acceptors (Lipinski definition) is 4. The Labute approximate surface area is 170 Å². The molecule has 29 heavy (non-hydrogen) atoms. The predicted octanol–water partition coefficient (Wildman–Crippen LogP) is 2.97. The fourth-order valence-electron chi connectivity index (χ4n) is 4.48. The van der Waals surface area contributed by atoms with Gasteiger partial charge < -0.3 is 19.5 Å². The van der Waals surface area contributed by atoms with Crippen molar-refractivity contribution in [2.24, 2.45) is 0 Å². The van der Waals surface area contributed by atoms with E-state index in [0.717, 1.165) is 42.1 Å². The highest BCUT2D eigenvalue weighted by molar-refractivity contribution is 5.81. The van der Waals surface area contributed by atoms with E-state index in [1.807, 2.05) is 64.1 Å². The molecule has 1 amide bonds. The minimum Gasteiger partial charge on any atom is -0.486 e. The molecule has 5 rings (SSSR count). The van der Waals surface area contributed by atoms with E-state index in [4.69, 9.17) is 9.72 Å². The molecule has 6 heteroatoms. The van der Waals surface area contributed by atoms with Crippen LogP contribution in [0.3, 0.4) is 0 Å². The third-order valence-electron chi connectivity index (χ3n) is 6.01. The van der Waals surface area contributed by atoms with Gasteiger partial charge in [-0.3, -0.25) is 4.79 Å². The van der Waals surface area contributed by atoms with Crippen molar-refractivity contribution in [3.63, 3.8) is 0 Å². The van der Waals surface area contributed by atoms with E-state index < -0.39 is 0 Å². The molecule has 2 atom stereocenters. The SMILES string of the molecule is O=C(Cn1c(COc2ccccc2)nc2ccccc21)N1CCC2CCC(C1)N2. The van der Waals surface area contributed by atoms with Gasteiger partial charge in [-0.05, 0) is 43.5 Å². The first kappa shape index (κ1) is 18.2. The fourth-order valence-corrected chi connectivity index (χ4v) is 4.48. The predicted molar refractivity (Wildman–Crippen MR) is 112 cm³/mol. The number of carbonyl (C=O) groups excluding carboxylic acids is 1. The molecular weight excluding hydrogens is 364 g/mol. The van der Waals surface area contributed by atoms with Crippen LogP contribution in [0.25, 0.3) is 11.0 Å². The van der Waals surface area contributed by atoms with Crippen LogP contribution in [0, 0.1) is 0 Å². The van der Waals surface area contributed by atoms with Gasteiger partial charge in [0.1, 0.15) is 24.7 Å². The van der Waals surface area contributed by atoms with E-state index in [1.165, 1.54) is 12.8 Å². The van der Waals surface area contributed by atoms with Crippen molar-refractivity contribution in [2.45, 2.75) is 44.5 Å². The van der Waals surface area contributed by atoms with Gasteiger partial charge in [0.05, 0.1) is 11.0 Å². The molecule has 6 nitrogen and oxygen atoms in total. The Bertz CT molecular complexity index is 1000. The second kappa shape index (κ2) is 7.87. The molecule has 2 aliphatic rings. The van der Waals surface area contributed by atoms with Gasteiger partial charge >= 0.3 is 0 Å². The summed E-state index contributed by atoms with van der Waals surface area (Å²) in [5.74, 6) is 1.73. The number of benzene rings is 2. The first-order valence-corrected chi connectivity index (χ1v) is 10.4. The second-order valence-electron chi connectivity index (χ2n) is 7.97. The highest BCUT2D eigenvalue weighted by Gasteiger charge is 2.31. The lowest BCUT2D eigenvalue weighted by atomic mass is 10.1. The zero-order valence-electron chi connectivity index (χ0n) is 16.5. The van der Waals surface area contributed by atoms with E-state index >= 15 is 0 Å². The number of amides is 1. The van der Waals surface area contributed by atoms with Crippen LogP contribution in [0.5, 0.6) is 5.75 Å². The molecule has 2 aliphatic heterocycles. The van der Waals surface area contributed by atoms with Crippen LogP contribution in [0.1, 0.15) is 25.1 Å². The van der Waals surface area contributed by atoms with Gasteiger partial charge in [-0.1, -0.05) is 30.3 Å². The van der Waals surface area contributed by atoms with Gasteiger partial charge in [0, 0.05) is 25.2 Å². The average molecular weight is 390 g/mol. The molecule has 0 spiro atoms. The second-order valence-corrected chi connectivity index (χ2v) is 7.97. The number of aromatic nitrogens is 2. The maximum absolute atomic E-state index is 13.2. The maximum Gasteiger partial charge on any atom is 0.242 e. The van der Waals surface area contributed by atoms with Crippen molar-refractivity contribution in [2.75, 3.05) is 13.1 Å². The number of likely N-dealkylation sites (tertiary alicyclic amines) is 1. The first-order chi connectivity index (χ1) is 14.3. The molecule has 2 unspecified atom stereocenters. The summed E-state index contributed by atoms with van der Waals surface area (Å²) in [7, 11) is 0. The third-order valence-corrected chi connectivity index (χ3v) is 6.01. The molecule has 2 bridgehead atoms. The van der Waals surface area contributed by atoms with Crippen molar-refractivity contribution in [1.82, 2.24) is 19.8 Å². The number of nitrogens with one attached hydrogen (secondary N) is 1. The molecule has 1 N–H and O–H groups in total. The monoisotopic (exact) mass is 390 g/mol. The minimum atomic E-state index is 0.156. The molecule has 0 aliphatic carbocycles. The Morgan fingerprint density at radius 3 is 2.72 bits per heavy atom. The number of fused-ring (bicyclic) bond motifs is 3. The van der Waals surface area contributed by atoms with Crippen molar-refractivity contribution in [1.29, 1.82) is 0 Å². The zero-order valence-corrected chi connectivity index (χ0v) is 16.5. The van der Waals surface area contributed by atoms with E-state index in [9.17, 15) is 4.79 Å². The van der Waals surface area contributed by atoms with E-state index in [-0.39, 0.29) is 5.91 Å². The van der Waals surface area contributed by atoms with Crippen LogP contribution in [-0.4, -0.2) is 45.5 Å². The topological polar surface area (TPSA) is 59.4 Å². The van der Waals surface area contributed by atoms with Gasteiger partial charge in [0.15, 0.2) is 0 Å². The standard InChI is InChI=1S/C23H26N4O2/c28-23(26-13-12-17-10-11-18(14-26)24-17)15-27-21-9-5-4-8-20(21)25-22(27)16-29-19-6-2-1-3-7-19/h1-9,17-18,24H,10-16H2. The molecule has 2 fully saturated rings. The molecule has 2 aromatic carbocycles. The van der Waals surface area contributed by atoms with Crippen LogP contribution < -0.4 is 10.1 Å². The highest BCUT2D eigenvalue weighted by atomic mass is 16.5. The molecule has 0 radical (unpaired) electrons. The van der Waals surface area contributed by atoms with Gasteiger partial charge in [-0.15, -0.1) is 0 Å². The number of ether oxygens (including phenoxy) is 1. The lowest BCUT2D eigenvalue weighted by Gasteiger charge is -2.25. The lowest BCUT2D eigenvalue weighted by Crippen LogP contribution is -2.40. The van der Waals surface area contributed by atoms with Crippen molar-refractivity contribution >= 4 is 16.9 Å². The zero-order chi connectivity index (χ0) is 19.6. The summed E-state index contributed by atoms with van der Waals surface area (Å²) in [5, 5.41) is 3.64. The van der Waals surface area contributed by atoms with Gasteiger partial charge in [0.2, 0.25) is 5.91 Å².